The highest BCUT2D eigenvalue weighted by atomic mass is 19.1. The SMILES string of the molecule is C[C@]12CC[C@H]3[C@@H](CC[C@@H]4C[C@@](O)(CF)CC[C@@H]43)[C@@H]1CC[C@@H]2C(=O)Cn1cncn1. The molecule has 1 heterocycles. The molecule has 0 unspecified atom stereocenters. The minimum atomic E-state index is -1.07. The third-order valence-corrected chi connectivity index (χ3v) is 9.53. The Bertz CT molecular complexity index is 755. The number of aliphatic hydroxyl groups is 1. The molecule has 6 heteroatoms. The number of nitrogens with zero attached hydrogens (tertiary/aromatic N) is 3. The molecular weight excluding hydrogens is 369 g/mol. The number of hydrogen-bond donors (Lipinski definition) is 1. The van der Waals surface area contributed by atoms with E-state index in [1.165, 1.54) is 19.2 Å². The van der Waals surface area contributed by atoms with Crippen molar-refractivity contribution in [3.63, 3.8) is 0 Å². The Morgan fingerprint density at radius 2 is 1.97 bits per heavy atom. The van der Waals surface area contributed by atoms with Gasteiger partial charge in [-0.25, -0.2) is 14.1 Å². The quantitative estimate of drug-likeness (QED) is 0.830. The number of hydrogen-bond acceptors (Lipinski definition) is 4. The number of halogens is 1. The zero-order chi connectivity index (χ0) is 20.2. The van der Waals surface area contributed by atoms with Crippen molar-refractivity contribution in [3.8, 4) is 0 Å². The van der Waals surface area contributed by atoms with Crippen LogP contribution in [0.1, 0.15) is 64.7 Å². The standard InChI is InChI=1S/C23H34FN3O2/c1-22-8-6-17-16-7-9-23(29,12-24)10-15(16)2-3-18(17)19(22)4-5-20(22)21(28)11-27-14-25-13-26-27/h13-20,29H,2-12H2,1H3/t15-,16+,17-,18-,19+,20-,22+,23-/m1/s1. The van der Waals surface area contributed by atoms with Gasteiger partial charge in [-0.2, -0.15) is 5.10 Å². The zero-order valence-electron chi connectivity index (χ0n) is 17.5. The van der Waals surface area contributed by atoms with Crippen molar-refractivity contribution in [3.05, 3.63) is 12.7 Å². The van der Waals surface area contributed by atoms with Crippen molar-refractivity contribution >= 4 is 5.78 Å². The van der Waals surface area contributed by atoms with Gasteiger partial charge in [-0.1, -0.05) is 6.92 Å². The molecule has 4 aliphatic rings. The summed E-state index contributed by atoms with van der Waals surface area (Å²) in [7, 11) is 0. The molecule has 0 aliphatic heterocycles. The fraction of sp³-hybridized carbons (Fsp3) is 0.870. The molecule has 0 amide bonds. The lowest BCUT2D eigenvalue weighted by Gasteiger charge is -2.56. The van der Waals surface area contributed by atoms with Crippen molar-refractivity contribution in [2.45, 2.75) is 76.9 Å². The van der Waals surface area contributed by atoms with Crippen LogP contribution in [0.15, 0.2) is 12.7 Å². The Morgan fingerprint density at radius 1 is 1.14 bits per heavy atom. The molecule has 0 radical (unpaired) electrons. The van der Waals surface area contributed by atoms with Gasteiger partial charge in [0.2, 0.25) is 0 Å². The first-order chi connectivity index (χ1) is 13.9. The van der Waals surface area contributed by atoms with Crippen LogP contribution in [0.2, 0.25) is 0 Å². The maximum absolute atomic E-state index is 13.3. The number of Topliss-reactive ketones (excluding diaryl/α,β-unsaturated/α-hetero) is 1. The van der Waals surface area contributed by atoms with E-state index < -0.39 is 12.3 Å². The fourth-order valence-electron chi connectivity index (χ4n) is 8.20. The molecule has 4 saturated carbocycles. The van der Waals surface area contributed by atoms with Gasteiger partial charge < -0.3 is 5.11 Å². The number of ketones is 1. The van der Waals surface area contributed by atoms with Crippen molar-refractivity contribution in [1.82, 2.24) is 14.8 Å². The highest BCUT2D eigenvalue weighted by Gasteiger charge is 2.59. The summed E-state index contributed by atoms with van der Waals surface area (Å²) in [6.07, 6.45) is 12.2. The van der Waals surface area contributed by atoms with E-state index in [1.54, 1.807) is 11.0 Å². The number of carbonyl (C=O) groups is 1. The number of carbonyl (C=O) groups excluding carboxylic acids is 1. The first-order valence-corrected chi connectivity index (χ1v) is 11.6. The van der Waals surface area contributed by atoms with Crippen LogP contribution in [-0.2, 0) is 11.3 Å². The first-order valence-electron chi connectivity index (χ1n) is 11.6. The highest BCUT2D eigenvalue weighted by molar-refractivity contribution is 5.82. The molecule has 0 saturated heterocycles. The normalized spacial score (nSPS) is 46.6. The summed E-state index contributed by atoms with van der Waals surface area (Å²) in [6, 6.07) is 0. The Kier molecular flexibility index (Phi) is 4.84. The zero-order valence-corrected chi connectivity index (χ0v) is 17.5. The molecule has 1 aromatic rings. The number of rotatable bonds is 4. The summed E-state index contributed by atoms with van der Waals surface area (Å²) < 4.78 is 15.0. The van der Waals surface area contributed by atoms with Gasteiger partial charge in [0.05, 0.1) is 5.60 Å². The molecule has 29 heavy (non-hydrogen) atoms. The minimum absolute atomic E-state index is 0.111. The van der Waals surface area contributed by atoms with E-state index in [9.17, 15) is 14.3 Å². The van der Waals surface area contributed by atoms with E-state index in [2.05, 4.69) is 17.0 Å². The van der Waals surface area contributed by atoms with Crippen LogP contribution in [0.25, 0.3) is 0 Å². The van der Waals surface area contributed by atoms with Crippen molar-refractivity contribution < 1.29 is 14.3 Å². The van der Waals surface area contributed by atoms with Gasteiger partial charge in [0.25, 0.3) is 0 Å². The Labute approximate surface area is 172 Å². The molecule has 1 N–H and O–H groups in total. The van der Waals surface area contributed by atoms with Crippen LogP contribution in [0.3, 0.4) is 0 Å². The molecule has 0 bridgehead atoms. The lowest BCUT2D eigenvalue weighted by Crippen LogP contribution is -2.52. The van der Waals surface area contributed by atoms with Crippen LogP contribution >= 0.6 is 0 Å². The van der Waals surface area contributed by atoms with Gasteiger partial charge in [-0.3, -0.25) is 4.79 Å². The predicted octanol–water partition coefficient (Wildman–Crippen LogP) is 3.82. The van der Waals surface area contributed by atoms with Gasteiger partial charge in [-0.15, -0.1) is 0 Å². The maximum atomic E-state index is 13.3. The van der Waals surface area contributed by atoms with E-state index in [4.69, 9.17) is 0 Å². The van der Waals surface area contributed by atoms with Crippen molar-refractivity contribution in [1.29, 1.82) is 0 Å². The fourth-order valence-corrected chi connectivity index (χ4v) is 8.20. The molecule has 4 fully saturated rings. The minimum Gasteiger partial charge on any atom is -0.387 e. The molecule has 4 aliphatic carbocycles. The maximum Gasteiger partial charge on any atom is 0.157 e. The van der Waals surface area contributed by atoms with Gasteiger partial charge in [-0.05, 0) is 92.8 Å². The number of aromatic nitrogens is 3. The summed E-state index contributed by atoms with van der Waals surface area (Å²) in [5, 5.41) is 14.6. The summed E-state index contributed by atoms with van der Waals surface area (Å²) in [5.41, 5.74) is -0.955. The van der Waals surface area contributed by atoms with Crippen LogP contribution < -0.4 is 0 Å². The van der Waals surface area contributed by atoms with Gasteiger partial charge >= 0.3 is 0 Å². The molecule has 0 spiro atoms. The summed E-state index contributed by atoms with van der Waals surface area (Å²) in [5.74, 6) is 3.64. The van der Waals surface area contributed by atoms with E-state index in [0.29, 0.717) is 54.8 Å². The number of fused-ring (bicyclic) bond motifs is 5. The van der Waals surface area contributed by atoms with Gasteiger partial charge in [0.15, 0.2) is 5.78 Å². The van der Waals surface area contributed by atoms with Gasteiger partial charge in [0, 0.05) is 5.92 Å². The molecule has 5 nitrogen and oxygen atoms in total. The average molecular weight is 404 g/mol. The Balaban J connectivity index is 1.31. The topological polar surface area (TPSA) is 68.0 Å². The Hall–Kier alpha value is -1.30. The molecule has 1 aromatic heterocycles. The Morgan fingerprint density at radius 3 is 2.72 bits per heavy atom. The molecule has 0 aromatic carbocycles. The molecule has 5 rings (SSSR count). The monoisotopic (exact) mass is 403 g/mol. The van der Waals surface area contributed by atoms with E-state index >= 15 is 0 Å². The second-order valence-electron chi connectivity index (χ2n) is 10.8. The van der Waals surface area contributed by atoms with E-state index in [1.807, 2.05) is 0 Å². The largest absolute Gasteiger partial charge is 0.387 e. The first kappa shape index (κ1) is 19.7. The average Bonchev–Trinajstić information content (AvgIpc) is 3.34. The smallest absolute Gasteiger partial charge is 0.157 e. The molecular formula is C23H34FN3O2. The van der Waals surface area contributed by atoms with Crippen LogP contribution in [-0.4, -0.2) is 37.9 Å². The summed E-state index contributed by atoms with van der Waals surface area (Å²) >= 11 is 0. The van der Waals surface area contributed by atoms with Crippen LogP contribution in [0.4, 0.5) is 4.39 Å². The second kappa shape index (κ2) is 7.14. The van der Waals surface area contributed by atoms with E-state index in [0.717, 1.165) is 32.1 Å². The predicted molar refractivity (Wildman–Crippen MR) is 107 cm³/mol. The second-order valence-corrected chi connectivity index (χ2v) is 10.8. The lowest BCUT2D eigenvalue weighted by atomic mass is 9.49. The molecule has 8 atom stereocenters. The van der Waals surface area contributed by atoms with Crippen LogP contribution in [0, 0.1) is 40.9 Å². The third-order valence-electron chi connectivity index (χ3n) is 9.53. The third kappa shape index (κ3) is 3.17. The van der Waals surface area contributed by atoms with Crippen molar-refractivity contribution in [2.75, 3.05) is 6.67 Å². The van der Waals surface area contributed by atoms with Crippen molar-refractivity contribution in [2.24, 2.45) is 40.9 Å². The number of alkyl halides is 1. The lowest BCUT2D eigenvalue weighted by molar-refractivity contribution is -0.134. The summed E-state index contributed by atoms with van der Waals surface area (Å²) in [4.78, 5) is 17.1. The molecule has 160 valence electrons. The summed E-state index contributed by atoms with van der Waals surface area (Å²) in [6.45, 7) is 2.12. The van der Waals surface area contributed by atoms with E-state index in [-0.39, 0.29) is 11.3 Å². The highest BCUT2D eigenvalue weighted by Crippen LogP contribution is 2.64. The van der Waals surface area contributed by atoms with Gasteiger partial charge in [0.1, 0.15) is 25.9 Å². The van der Waals surface area contributed by atoms with Crippen LogP contribution in [0.5, 0.6) is 0 Å².